The molecule has 0 aromatic heterocycles. The van der Waals surface area contributed by atoms with Crippen molar-refractivity contribution in [1.29, 1.82) is 0 Å². The highest BCUT2D eigenvalue weighted by Crippen LogP contribution is 2.04. The van der Waals surface area contributed by atoms with Gasteiger partial charge in [-0.25, -0.2) is 0 Å². The van der Waals surface area contributed by atoms with Crippen LogP contribution < -0.4 is 5.73 Å². The van der Waals surface area contributed by atoms with Crippen LogP contribution in [0.1, 0.15) is 20.3 Å². The van der Waals surface area contributed by atoms with Crippen LogP contribution in [0.15, 0.2) is 12.7 Å². The largest absolute Gasteiger partial charge is 0.328 e. The Hall–Kier alpha value is -0.300. The maximum absolute atomic E-state index is 5.57. The molecule has 48 valence electrons. The summed E-state index contributed by atoms with van der Waals surface area (Å²) in [5.74, 6) is 0.576. The molecule has 2 atom stereocenters. The molecule has 1 nitrogen and oxygen atoms in total. The first kappa shape index (κ1) is 7.70. The van der Waals surface area contributed by atoms with Crippen molar-refractivity contribution in [3.63, 3.8) is 0 Å². The highest BCUT2D eigenvalue weighted by atomic mass is 14.6. The molecule has 0 heterocycles. The van der Waals surface area contributed by atoms with E-state index in [-0.39, 0.29) is 0 Å². The van der Waals surface area contributed by atoms with Gasteiger partial charge in [0.15, 0.2) is 0 Å². The summed E-state index contributed by atoms with van der Waals surface area (Å²) in [7, 11) is 0. The van der Waals surface area contributed by atoms with Gasteiger partial charge in [0.05, 0.1) is 0 Å². The van der Waals surface area contributed by atoms with Crippen molar-refractivity contribution in [2.75, 3.05) is 0 Å². The summed E-state index contributed by atoms with van der Waals surface area (Å²) in [5, 5.41) is 0. The second-order valence-electron chi connectivity index (χ2n) is 2.36. The molecule has 0 aliphatic heterocycles. The van der Waals surface area contributed by atoms with E-state index in [1.165, 1.54) is 0 Å². The molecule has 0 spiro atoms. The Morgan fingerprint density at radius 1 is 1.62 bits per heavy atom. The van der Waals surface area contributed by atoms with Crippen molar-refractivity contribution in [3.05, 3.63) is 12.7 Å². The SMILES string of the molecule is C=CCC(C)[C@@H](C)N. The third kappa shape index (κ3) is 2.80. The van der Waals surface area contributed by atoms with Gasteiger partial charge in [0, 0.05) is 6.04 Å². The van der Waals surface area contributed by atoms with Gasteiger partial charge in [0.25, 0.3) is 0 Å². The molecule has 0 saturated carbocycles. The van der Waals surface area contributed by atoms with Crippen molar-refractivity contribution in [2.45, 2.75) is 26.3 Å². The second kappa shape index (κ2) is 3.67. The van der Waals surface area contributed by atoms with Gasteiger partial charge in [-0.1, -0.05) is 13.0 Å². The minimum atomic E-state index is 0.299. The lowest BCUT2D eigenvalue weighted by molar-refractivity contribution is 0.490. The fraction of sp³-hybridized carbons (Fsp3) is 0.714. The van der Waals surface area contributed by atoms with E-state index in [2.05, 4.69) is 13.5 Å². The van der Waals surface area contributed by atoms with E-state index in [4.69, 9.17) is 5.73 Å². The van der Waals surface area contributed by atoms with Crippen LogP contribution in [-0.4, -0.2) is 6.04 Å². The Morgan fingerprint density at radius 2 is 2.12 bits per heavy atom. The van der Waals surface area contributed by atoms with Gasteiger partial charge in [-0.15, -0.1) is 6.58 Å². The molecule has 2 N–H and O–H groups in total. The van der Waals surface area contributed by atoms with E-state index in [1.807, 2.05) is 13.0 Å². The molecule has 1 heteroatoms. The first-order valence-corrected chi connectivity index (χ1v) is 3.05. The number of rotatable bonds is 3. The normalized spacial score (nSPS) is 17.4. The minimum absolute atomic E-state index is 0.299. The molecule has 1 unspecified atom stereocenters. The smallest absolute Gasteiger partial charge is 0.00390 e. The van der Waals surface area contributed by atoms with Crippen molar-refractivity contribution in [3.8, 4) is 0 Å². The maximum atomic E-state index is 5.57. The van der Waals surface area contributed by atoms with Crippen molar-refractivity contribution < 1.29 is 0 Å². The van der Waals surface area contributed by atoms with E-state index < -0.39 is 0 Å². The Bertz CT molecular complexity index is 66.8. The quantitative estimate of drug-likeness (QED) is 0.552. The zero-order valence-electron chi connectivity index (χ0n) is 5.72. The van der Waals surface area contributed by atoms with Gasteiger partial charge in [-0.2, -0.15) is 0 Å². The monoisotopic (exact) mass is 113 g/mol. The summed E-state index contributed by atoms with van der Waals surface area (Å²) in [6.45, 7) is 7.78. The summed E-state index contributed by atoms with van der Waals surface area (Å²) in [4.78, 5) is 0. The number of hydrogen-bond donors (Lipinski definition) is 1. The highest BCUT2D eigenvalue weighted by molar-refractivity contribution is 4.74. The molecule has 0 aliphatic rings. The summed E-state index contributed by atoms with van der Waals surface area (Å²) in [6, 6.07) is 0.299. The van der Waals surface area contributed by atoms with Crippen LogP contribution in [0.5, 0.6) is 0 Å². The fourth-order valence-corrected chi connectivity index (χ4v) is 0.478. The van der Waals surface area contributed by atoms with Gasteiger partial charge in [-0.05, 0) is 19.3 Å². The zero-order valence-corrected chi connectivity index (χ0v) is 5.72. The van der Waals surface area contributed by atoms with Crippen LogP contribution in [0.3, 0.4) is 0 Å². The standard InChI is InChI=1S/C7H15N/c1-4-5-6(2)7(3)8/h4,6-7H,1,5,8H2,2-3H3/t6?,7-/m1/s1. The number of nitrogens with two attached hydrogens (primary N) is 1. The topological polar surface area (TPSA) is 26.0 Å². The Morgan fingerprint density at radius 3 is 2.25 bits per heavy atom. The van der Waals surface area contributed by atoms with Gasteiger partial charge >= 0.3 is 0 Å². The molecule has 0 fully saturated rings. The van der Waals surface area contributed by atoms with Crippen LogP contribution in [0.2, 0.25) is 0 Å². The highest BCUT2D eigenvalue weighted by Gasteiger charge is 2.02. The average Bonchev–Trinajstić information content (AvgIpc) is 1.67. The first-order valence-electron chi connectivity index (χ1n) is 3.05. The first-order chi connectivity index (χ1) is 3.68. The molecule has 0 radical (unpaired) electrons. The predicted molar refractivity (Wildman–Crippen MR) is 37.6 cm³/mol. The predicted octanol–water partition coefficient (Wildman–Crippen LogP) is 1.55. The van der Waals surface area contributed by atoms with Crippen LogP contribution in [-0.2, 0) is 0 Å². The van der Waals surface area contributed by atoms with Crippen LogP contribution in [0, 0.1) is 5.92 Å². The molecule has 0 aromatic carbocycles. The molecule has 0 bridgehead atoms. The molecule has 8 heavy (non-hydrogen) atoms. The molecule has 0 rings (SSSR count). The van der Waals surface area contributed by atoms with Gasteiger partial charge < -0.3 is 5.73 Å². The van der Waals surface area contributed by atoms with Gasteiger partial charge in [0.1, 0.15) is 0 Å². The van der Waals surface area contributed by atoms with E-state index in [9.17, 15) is 0 Å². The van der Waals surface area contributed by atoms with E-state index in [1.54, 1.807) is 0 Å². The van der Waals surface area contributed by atoms with Crippen LogP contribution in [0.25, 0.3) is 0 Å². The summed E-state index contributed by atoms with van der Waals surface area (Å²) in [6.07, 6.45) is 2.94. The minimum Gasteiger partial charge on any atom is -0.328 e. The summed E-state index contributed by atoms with van der Waals surface area (Å²) < 4.78 is 0. The van der Waals surface area contributed by atoms with Crippen molar-refractivity contribution in [1.82, 2.24) is 0 Å². The van der Waals surface area contributed by atoms with Gasteiger partial charge in [-0.3, -0.25) is 0 Å². The van der Waals surface area contributed by atoms with E-state index in [0.29, 0.717) is 12.0 Å². The summed E-state index contributed by atoms with van der Waals surface area (Å²) >= 11 is 0. The maximum Gasteiger partial charge on any atom is 0.00390 e. The Labute approximate surface area is 51.6 Å². The summed E-state index contributed by atoms with van der Waals surface area (Å²) in [5.41, 5.74) is 5.57. The van der Waals surface area contributed by atoms with Crippen molar-refractivity contribution in [2.24, 2.45) is 11.7 Å². The van der Waals surface area contributed by atoms with E-state index >= 15 is 0 Å². The van der Waals surface area contributed by atoms with Gasteiger partial charge in [0.2, 0.25) is 0 Å². The lowest BCUT2D eigenvalue weighted by Gasteiger charge is -2.11. The van der Waals surface area contributed by atoms with Crippen molar-refractivity contribution >= 4 is 0 Å². The Balaban J connectivity index is 3.30. The molecule has 0 aromatic rings. The molecule has 0 aliphatic carbocycles. The zero-order chi connectivity index (χ0) is 6.57. The molecular weight excluding hydrogens is 98.1 g/mol. The average molecular weight is 113 g/mol. The lowest BCUT2D eigenvalue weighted by Crippen LogP contribution is -2.23. The molecule has 0 saturated heterocycles. The molecular formula is C7H15N. The second-order valence-corrected chi connectivity index (χ2v) is 2.36. The lowest BCUT2D eigenvalue weighted by atomic mass is 10.0. The number of hydrogen-bond acceptors (Lipinski definition) is 1. The van der Waals surface area contributed by atoms with E-state index in [0.717, 1.165) is 6.42 Å². The fourth-order valence-electron chi connectivity index (χ4n) is 0.478. The number of allylic oxidation sites excluding steroid dienone is 1. The van der Waals surface area contributed by atoms with Crippen LogP contribution in [0.4, 0.5) is 0 Å². The van der Waals surface area contributed by atoms with Crippen LogP contribution >= 0.6 is 0 Å². The Kier molecular flexibility index (Phi) is 3.53. The molecule has 0 amide bonds. The third-order valence-corrected chi connectivity index (χ3v) is 1.44. The third-order valence-electron chi connectivity index (χ3n) is 1.44.